The molecule has 1 aromatic rings. The molecule has 2 fully saturated rings. The molecule has 0 amide bonds. The lowest BCUT2D eigenvalue weighted by Gasteiger charge is -2.45. The highest BCUT2D eigenvalue weighted by atomic mass is 16.5. The van der Waals surface area contributed by atoms with Gasteiger partial charge >= 0.3 is 0 Å². The highest BCUT2D eigenvalue weighted by Gasteiger charge is 2.35. The minimum Gasteiger partial charge on any atom is -0.374 e. The molecule has 1 saturated heterocycles. The molecule has 0 bridgehead atoms. The maximum atomic E-state index is 5.98. The molecule has 0 radical (unpaired) electrons. The van der Waals surface area contributed by atoms with Crippen molar-refractivity contribution in [3.63, 3.8) is 0 Å². The van der Waals surface area contributed by atoms with Gasteiger partial charge in [0.1, 0.15) is 5.82 Å². The highest BCUT2D eigenvalue weighted by molar-refractivity contribution is 5.50. The molecule has 4 nitrogen and oxygen atoms in total. The summed E-state index contributed by atoms with van der Waals surface area (Å²) < 4.78 is 5.98. The van der Waals surface area contributed by atoms with E-state index in [4.69, 9.17) is 9.72 Å². The Balaban J connectivity index is 1.91. The smallest absolute Gasteiger partial charge is 0.133 e. The lowest BCUT2D eigenvalue weighted by molar-refractivity contribution is -0.00907. The third kappa shape index (κ3) is 2.54. The van der Waals surface area contributed by atoms with Crippen molar-refractivity contribution in [3.8, 4) is 0 Å². The number of hydrogen-bond acceptors (Lipinski definition) is 4. The second-order valence-corrected chi connectivity index (χ2v) is 5.88. The van der Waals surface area contributed by atoms with E-state index in [1.807, 2.05) is 19.3 Å². The first-order valence-electron chi connectivity index (χ1n) is 7.81. The standard InChI is InChI=1S/C16H25N3O/c1-12(17-2)13-6-5-9-18-16(13)19-10-11-20-15-8-4-3-7-14(15)19/h5-6,9,12,14-15,17H,3-4,7-8,10-11H2,1-2H3. The predicted octanol–water partition coefficient (Wildman–Crippen LogP) is 2.51. The summed E-state index contributed by atoms with van der Waals surface area (Å²) in [4.78, 5) is 7.19. The van der Waals surface area contributed by atoms with Crippen molar-refractivity contribution >= 4 is 5.82 Å². The number of nitrogens with one attached hydrogen (secondary N) is 1. The van der Waals surface area contributed by atoms with Crippen molar-refractivity contribution in [3.05, 3.63) is 23.9 Å². The van der Waals surface area contributed by atoms with Crippen LogP contribution >= 0.6 is 0 Å². The summed E-state index contributed by atoms with van der Waals surface area (Å²) in [7, 11) is 2.00. The van der Waals surface area contributed by atoms with Gasteiger partial charge in [0.05, 0.1) is 18.8 Å². The van der Waals surface area contributed by atoms with Crippen LogP contribution in [0.5, 0.6) is 0 Å². The molecular formula is C16H25N3O. The van der Waals surface area contributed by atoms with Crippen LogP contribution in [0.1, 0.15) is 44.2 Å². The fourth-order valence-electron chi connectivity index (χ4n) is 3.50. The van der Waals surface area contributed by atoms with Gasteiger partial charge in [0.15, 0.2) is 0 Å². The van der Waals surface area contributed by atoms with Crippen molar-refractivity contribution < 1.29 is 4.74 Å². The normalized spacial score (nSPS) is 28.0. The Kier molecular flexibility index (Phi) is 4.22. The summed E-state index contributed by atoms with van der Waals surface area (Å²) in [5.74, 6) is 1.15. The number of aromatic nitrogens is 1. The molecule has 3 atom stereocenters. The number of hydrogen-bond donors (Lipinski definition) is 1. The van der Waals surface area contributed by atoms with Crippen LogP contribution in [0.15, 0.2) is 18.3 Å². The van der Waals surface area contributed by atoms with Crippen LogP contribution < -0.4 is 10.2 Å². The van der Waals surface area contributed by atoms with Gasteiger partial charge in [-0.3, -0.25) is 0 Å². The number of rotatable bonds is 3. The molecular weight excluding hydrogens is 250 g/mol. The molecule has 110 valence electrons. The Hall–Kier alpha value is -1.13. The molecule has 20 heavy (non-hydrogen) atoms. The first-order chi connectivity index (χ1) is 9.81. The zero-order valence-electron chi connectivity index (χ0n) is 12.5. The van der Waals surface area contributed by atoms with Crippen molar-refractivity contribution in [2.24, 2.45) is 0 Å². The summed E-state index contributed by atoms with van der Waals surface area (Å²) in [6, 6.07) is 5.06. The maximum absolute atomic E-state index is 5.98. The quantitative estimate of drug-likeness (QED) is 0.920. The molecule has 1 N–H and O–H groups in total. The molecule has 1 aliphatic carbocycles. The SMILES string of the molecule is CNC(C)c1cccnc1N1CCOC2CCCCC21. The minimum absolute atomic E-state index is 0.323. The number of pyridine rings is 1. The molecule has 1 saturated carbocycles. The average molecular weight is 275 g/mol. The van der Waals surface area contributed by atoms with E-state index in [9.17, 15) is 0 Å². The average Bonchev–Trinajstić information content (AvgIpc) is 2.53. The number of nitrogens with zero attached hydrogens (tertiary/aromatic N) is 2. The molecule has 2 aliphatic rings. The van der Waals surface area contributed by atoms with Gasteiger partial charge in [-0.25, -0.2) is 4.98 Å². The summed E-state index contributed by atoms with van der Waals surface area (Å²) in [6.45, 7) is 3.98. The van der Waals surface area contributed by atoms with E-state index in [-0.39, 0.29) is 0 Å². The Labute approximate surface area is 121 Å². The Morgan fingerprint density at radius 2 is 2.25 bits per heavy atom. The van der Waals surface area contributed by atoms with Gasteiger partial charge < -0.3 is 15.0 Å². The maximum Gasteiger partial charge on any atom is 0.133 e. The first-order valence-corrected chi connectivity index (χ1v) is 7.81. The van der Waals surface area contributed by atoms with E-state index in [2.05, 4.69) is 23.2 Å². The van der Waals surface area contributed by atoms with Crippen LogP contribution in [0, 0.1) is 0 Å². The number of anilines is 1. The van der Waals surface area contributed by atoms with Crippen LogP contribution in [0.2, 0.25) is 0 Å². The van der Waals surface area contributed by atoms with E-state index in [1.165, 1.54) is 31.2 Å². The fourth-order valence-corrected chi connectivity index (χ4v) is 3.50. The lowest BCUT2D eigenvalue weighted by atomic mass is 9.89. The molecule has 2 heterocycles. The minimum atomic E-state index is 0.323. The van der Waals surface area contributed by atoms with Crippen molar-refractivity contribution in [1.82, 2.24) is 10.3 Å². The highest BCUT2D eigenvalue weighted by Crippen LogP contribution is 2.34. The Morgan fingerprint density at radius 3 is 3.10 bits per heavy atom. The van der Waals surface area contributed by atoms with Crippen LogP contribution in [-0.4, -0.2) is 37.3 Å². The van der Waals surface area contributed by atoms with Gasteiger partial charge in [-0.15, -0.1) is 0 Å². The lowest BCUT2D eigenvalue weighted by Crippen LogP contribution is -2.53. The van der Waals surface area contributed by atoms with Crippen LogP contribution in [0.4, 0.5) is 5.82 Å². The van der Waals surface area contributed by atoms with Gasteiger partial charge in [-0.2, -0.15) is 0 Å². The van der Waals surface area contributed by atoms with Crippen molar-refractivity contribution in [2.75, 3.05) is 25.1 Å². The van der Waals surface area contributed by atoms with Gasteiger partial charge in [-0.05, 0) is 32.9 Å². The van der Waals surface area contributed by atoms with Crippen LogP contribution in [0.3, 0.4) is 0 Å². The monoisotopic (exact) mass is 275 g/mol. The second kappa shape index (κ2) is 6.10. The Morgan fingerprint density at radius 1 is 1.40 bits per heavy atom. The topological polar surface area (TPSA) is 37.4 Å². The molecule has 3 unspecified atom stereocenters. The zero-order valence-corrected chi connectivity index (χ0v) is 12.5. The van der Waals surface area contributed by atoms with Gasteiger partial charge in [-0.1, -0.05) is 18.9 Å². The van der Waals surface area contributed by atoms with E-state index in [1.54, 1.807) is 0 Å². The molecule has 1 aliphatic heterocycles. The predicted molar refractivity (Wildman–Crippen MR) is 81.1 cm³/mol. The molecule has 4 heteroatoms. The zero-order chi connectivity index (χ0) is 13.9. The summed E-state index contributed by atoms with van der Waals surface area (Å²) in [5.41, 5.74) is 1.29. The van der Waals surface area contributed by atoms with Crippen LogP contribution in [-0.2, 0) is 4.74 Å². The largest absolute Gasteiger partial charge is 0.374 e. The third-order valence-electron chi connectivity index (χ3n) is 4.72. The first kappa shape index (κ1) is 13.8. The van der Waals surface area contributed by atoms with Gasteiger partial charge in [0.2, 0.25) is 0 Å². The Bertz CT molecular complexity index is 449. The molecule has 3 rings (SSSR count). The number of morpholine rings is 1. The molecule has 0 spiro atoms. The van der Waals surface area contributed by atoms with Gasteiger partial charge in [0.25, 0.3) is 0 Å². The van der Waals surface area contributed by atoms with Crippen LogP contribution in [0.25, 0.3) is 0 Å². The van der Waals surface area contributed by atoms with E-state index < -0.39 is 0 Å². The van der Waals surface area contributed by atoms with E-state index in [0.717, 1.165) is 19.0 Å². The van der Waals surface area contributed by atoms with Crippen molar-refractivity contribution in [1.29, 1.82) is 0 Å². The second-order valence-electron chi connectivity index (χ2n) is 5.88. The summed E-state index contributed by atoms with van der Waals surface area (Å²) >= 11 is 0. The summed E-state index contributed by atoms with van der Waals surface area (Å²) in [5, 5.41) is 3.33. The molecule has 0 aromatic carbocycles. The van der Waals surface area contributed by atoms with Crippen molar-refractivity contribution in [2.45, 2.75) is 50.8 Å². The van der Waals surface area contributed by atoms with E-state index >= 15 is 0 Å². The fraction of sp³-hybridized carbons (Fsp3) is 0.688. The summed E-state index contributed by atoms with van der Waals surface area (Å²) in [6.07, 6.45) is 7.35. The number of fused-ring (bicyclic) bond motifs is 1. The number of ether oxygens (including phenoxy) is 1. The third-order valence-corrected chi connectivity index (χ3v) is 4.72. The molecule has 1 aromatic heterocycles. The van der Waals surface area contributed by atoms with Gasteiger partial charge in [0, 0.05) is 24.3 Å². The van der Waals surface area contributed by atoms with E-state index in [0.29, 0.717) is 18.2 Å².